The van der Waals surface area contributed by atoms with Crippen LogP contribution in [0.5, 0.6) is 0 Å². The van der Waals surface area contributed by atoms with Crippen LogP contribution >= 0.6 is 11.6 Å². The van der Waals surface area contributed by atoms with E-state index >= 15 is 0 Å². The molecule has 0 aliphatic carbocycles. The number of carbonyl (C=O) groups excluding carboxylic acids is 2. The van der Waals surface area contributed by atoms with Gasteiger partial charge in [-0.25, -0.2) is 0 Å². The molecule has 1 saturated heterocycles. The van der Waals surface area contributed by atoms with Gasteiger partial charge in [-0.15, -0.1) is 0 Å². The molecular formula is C29H31ClN2O3. The van der Waals surface area contributed by atoms with Gasteiger partial charge >= 0.3 is 0 Å². The summed E-state index contributed by atoms with van der Waals surface area (Å²) in [6.07, 6.45) is 2.87. The number of hydrogen-bond donors (Lipinski definition) is 1. The number of carbonyl (C=O) groups is 2. The number of rotatable bonds is 10. The van der Waals surface area contributed by atoms with E-state index in [9.17, 15) is 9.59 Å². The molecule has 3 aromatic rings. The summed E-state index contributed by atoms with van der Waals surface area (Å²) in [6.45, 7) is 1.47. The topological polar surface area (TPSA) is 58.6 Å². The zero-order valence-corrected chi connectivity index (χ0v) is 20.5. The third-order valence-electron chi connectivity index (χ3n) is 6.26. The van der Waals surface area contributed by atoms with Crippen LogP contribution in [0.1, 0.15) is 42.0 Å². The van der Waals surface area contributed by atoms with Crippen molar-refractivity contribution < 1.29 is 14.3 Å². The van der Waals surface area contributed by atoms with Crippen molar-refractivity contribution in [3.05, 3.63) is 107 Å². The molecule has 0 radical (unpaired) electrons. The average Bonchev–Trinajstić information content (AvgIpc) is 3.42. The van der Waals surface area contributed by atoms with E-state index in [0.717, 1.165) is 36.1 Å². The molecule has 1 aliphatic heterocycles. The van der Waals surface area contributed by atoms with E-state index in [4.69, 9.17) is 16.3 Å². The van der Waals surface area contributed by atoms with Gasteiger partial charge in [0.05, 0.1) is 6.10 Å². The van der Waals surface area contributed by atoms with E-state index in [-0.39, 0.29) is 17.9 Å². The Morgan fingerprint density at radius 1 is 0.943 bits per heavy atom. The summed E-state index contributed by atoms with van der Waals surface area (Å²) in [5.74, 6) is -0.279. The van der Waals surface area contributed by atoms with E-state index < -0.39 is 6.04 Å². The number of hydrogen-bond acceptors (Lipinski definition) is 3. The second-order valence-corrected chi connectivity index (χ2v) is 9.26. The minimum Gasteiger partial charge on any atom is -0.376 e. The fraction of sp³-hybridized carbons (Fsp3) is 0.310. The molecule has 1 aliphatic rings. The Bertz CT molecular complexity index is 1080. The molecule has 0 aromatic heterocycles. The first kappa shape index (κ1) is 25.0. The first-order valence-corrected chi connectivity index (χ1v) is 12.5. The van der Waals surface area contributed by atoms with Crippen molar-refractivity contribution in [3.63, 3.8) is 0 Å². The Labute approximate surface area is 212 Å². The van der Waals surface area contributed by atoms with E-state index in [1.165, 1.54) is 0 Å². The van der Waals surface area contributed by atoms with Gasteiger partial charge in [0.25, 0.3) is 0 Å². The van der Waals surface area contributed by atoms with E-state index in [1.54, 1.807) is 17.0 Å². The van der Waals surface area contributed by atoms with Crippen LogP contribution in [0.4, 0.5) is 0 Å². The smallest absolute Gasteiger partial charge is 0.247 e. The molecule has 2 atom stereocenters. The Hall–Kier alpha value is -3.15. The Balaban J connectivity index is 1.60. The molecule has 1 N–H and O–H groups in total. The molecule has 4 rings (SSSR count). The molecular weight excluding hydrogens is 460 g/mol. The lowest BCUT2D eigenvalue weighted by molar-refractivity contribution is -0.141. The molecule has 6 heteroatoms. The Kier molecular flexibility index (Phi) is 8.93. The quantitative estimate of drug-likeness (QED) is 0.417. The van der Waals surface area contributed by atoms with Crippen LogP contribution in [0.25, 0.3) is 0 Å². The van der Waals surface area contributed by atoms with Gasteiger partial charge in [-0.1, -0.05) is 84.4 Å². The number of nitrogens with zero attached hydrogens (tertiary/aromatic N) is 1. The van der Waals surface area contributed by atoms with Gasteiger partial charge in [-0.3, -0.25) is 9.59 Å². The van der Waals surface area contributed by atoms with Gasteiger partial charge in [0.15, 0.2) is 0 Å². The summed E-state index contributed by atoms with van der Waals surface area (Å²) in [4.78, 5) is 28.9. The largest absolute Gasteiger partial charge is 0.376 e. The molecule has 1 fully saturated rings. The maximum Gasteiger partial charge on any atom is 0.247 e. The number of halogens is 1. The van der Waals surface area contributed by atoms with E-state index in [2.05, 4.69) is 5.32 Å². The Morgan fingerprint density at radius 3 is 2.29 bits per heavy atom. The van der Waals surface area contributed by atoms with Gasteiger partial charge in [-0.05, 0) is 48.1 Å². The first-order valence-electron chi connectivity index (χ1n) is 12.1. The second kappa shape index (κ2) is 12.5. The molecule has 0 spiro atoms. The normalized spacial score (nSPS) is 16.0. The lowest BCUT2D eigenvalue weighted by Gasteiger charge is -2.32. The molecule has 3 aromatic carbocycles. The maximum absolute atomic E-state index is 13.7. The van der Waals surface area contributed by atoms with Crippen LogP contribution in [0.2, 0.25) is 5.02 Å². The third-order valence-corrected chi connectivity index (χ3v) is 6.51. The SMILES string of the molecule is O=C(NCC1CCCO1)C(c1ccccc1)N(Cc1ccc(Cl)cc1)C(=O)CCc1ccccc1. The van der Waals surface area contributed by atoms with Crippen LogP contribution < -0.4 is 5.32 Å². The lowest BCUT2D eigenvalue weighted by atomic mass is 10.0. The predicted molar refractivity (Wildman–Crippen MR) is 138 cm³/mol. The van der Waals surface area contributed by atoms with Gasteiger partial charge in [-0.2, -0.15) is 0 Å². The molecule has 0 saturated carbocycles. The second-order valence-electron chi connectivity index (χ2n) is 8.83. The summed E-state index contributed by atoms with van der Waals surface area (Å²) in [6, 6.07) is 26.1. The van der Waals surface area contributed by atoms with Crippen molar-refractivity contribution in [1.82, 2.24) is 10.2 Å². The molecule has 182 valence electrons. The van der Waals surface area contributed by atoms with Crippen molar-refractivity contribution in [1.29, 1.82) is 0 Å². The minimum absolute atomic E-state index is 0.0221. The van der Waals surface area contributed by atoms with Crippen LogP contribution in [0.15, 0.2) is 84.9 Å². The number of ether oxygens (including phenoxy) is 1. The van der Waals surface area contributed by atoms with Crippen molar-refractivity contribution in [2.75, 3.05) is 13.2 Å². The zero-order chi connectivity index (χ0) is 24.5. The fourth-order valence-corrected chi connectivity index (χ4v) is 4.50. The molecule has 0 bridgehead atoms. The molecule has 5 nitrogen and oxygen atoms in total. The van der Waals surface area contributed by atoms with Gasteiger partial charge in [0.1, 0.15) is 6.04 Å². The average molecular weight is 491 g/mol. The lowest BCUT2D eigenvalue weighted by Crippen LogP contribution is -2.45. The standard InChI is InChI=1S/C29H31ClN2O3/c30-25-16-13-23(14-17-25)21-32(27(33)18-15-22-8-3-1-4-9-22)28(24-10-5-2-6-11-24)29(34)31-20-26-12-7-19-35-26/h1-6,8-11,13-14,16-17,26,28H,7,12,15,18-21H2,(H,31,34). The highest BCUT2D eigenvalue weighted by Gasteiger charge is 2.32. The highest BCUT2D eigenvalue weighted by Crippen LogP contribution is 2.26. The fourth-order valence-electron chi connectivity index (χ4n) is 4.37. The number of nitrogens with one attached hydrogen (secondary N) is 1. The van der Waals surface area contributed by atoms with Crippen LogP contribution in [-0.2, 0) is 27.3 Å². The zero-order valence-electron chi connectivity index (χ0n) is 19.7. The summed E-state index contributed by atoms with van der Waals surface area (Å²) in [7, 11) is 0. The number of aryl methyl sites for hydroxylation is 1. The van der Waals surface area contributed by atoms with Gasteiger partial charge < -0.3 is 15.0 Å². The maximum atomic E-state index is 13.7. The third kappa shape index (κ3) is 7.17. The van der Waals surface area contributed by atoms with Gasteiger partial charge in [0.2, 0.25) is 11.8 Å². The van der Waals surface area contributed by atoms with Crippen molar-refractivity contribution in [2.24, 2.45) is 0 Å². The number of benzene rings is 3. The van der Waals surface area contributed by atoms with Gasteiger partial charge in [0, 0.05) is 31.1 Å². The highest BCUT2D eigenvalue weighted by atomic mass is 35.5. The first-order chi connectivity index (χ1) is 17.1. The molecule has 1 heterocycles. The highest BCUT2D eigenvalue weighted by molar-refractivity contribution is 6.30. The molecule has 35 heavy (non-hydrogen) atoms. The summed E-state index contributed by atoms with van der Waals surface area (Å²) >= 11 is 6.08. The summed E-state index contributed by atoms with van der Waals surface area (Å²) in [5, 5.41) is 3.68. The van der Waals surface area contributed by atoms with Crippen LogP contribution in [0, 0.1) is 0 Å². The predicted octanol–water partition coefficient (Wildman–Crippen LogP) is 5.34. The van der Waals surface area contributed by atoms with E-state index in [1.807, 2.05) is 72.8 Å². The van der Waals surface area contributed by atoms with Crippen molar-refractivity contribution >= 4 is 23.4 Å². The van der Waals surface area contributed by atoms with Crippen molar-refractivity contribution in [3.8, 4) is 0 Å². The van der Waals surface area contributed by atoms with Crippen LogP contribution in [0.3, 0.4) is 0 Å². The van der Waals surface area contributed by atoms with Crippen LogP contribution in [-0.4, -0.2) is 36.0 Å². The molecule has 2 amide bonds. The summed E-state index contributed by atoms with van der Waals surface area (Å²) in [5.41, 5.74) is 2.78. The van der Waals surface area contributed by atoms with E-state index in [0.29, 0.717) is 31.0 Å². The summed E-state index contributed by atoms with van der Waals surface area (Å²) < 4.78 is 5.68. The Morgan fingerprint density at radius 2 is 1.63 bits per heavy atom. The minimum atomic E-state index is -0.753. The monoisotopic (exact) mass is 490 g/mol. The van der Waals surface area contributed by atoms with Crippen molar-refractivity contribution in [2.45, 2.75) is 44.4 Å². The number of amides is 2. The molecule has 2 unspecified atom stereocenters.